The molecule has 1 aromatic carbocycles. The van der Waals surface area contributed by atoms with Gasteiger partial charge in [-0.1, -0.05) is 6.07 Å². The van der Waals surface area contributed by atoms with Crippen molar-refractivity contribution in [2.45, 2.75) is 19.4 Å². The summed E-state index contributed by atoms with van der Waals surface area (Å²) in [5.41, 5.74) is 6.81. The summed E-state index contributed by atoms with van der Waals surface area (Å²) in [6.45, 7) is 3.15. The van der Waals surface area contributed by atoms with E-state index in [2.05, 4.69) is 0 Å². The van der Waals surface area contributed by atoms with Crippen molar-refractivity contribution in [2.24, 2.45) is 5.73 Å². The lowest BCUT2D eigenvalue weighted by atomic mass is 10.2. The fraction of sp³-hybridized carbons (Fsp3) is 0.462. The fourth-order valence-corrected chi connectivity index (χ4v) is 1.97. The zero-order chi connectivity index (χ0) is 13.1. The highest BCUT2D eigenvalue weighted by Crippen LogP contribution is 2.28. The van der Waals surface area contributed by atoms with Gasteiger partial charge in [-0.3, -0.25) is 0 Å². The van der Waals surface area contributed by atoms with E-state index in [1.54, 1.807) is 18.1 Å². The summed E-state index contributed by atoms with van der Waals surface area (Å²) < 4.78 is 10.5. The fourth-order valence-electron chi connectivity index (χ4n) is 1.97. The summed E-state index contributed by atoms with van der Waals surface area (Å²) in [4.78, 5) is 13.5. The van der Waals surface area contributed by atoms with Crippen molar-refractivity contribution in [1.82, 2.24) is 4.90 Å². The Morgan fingerprint density at radius 2 is 2.22 bits per heavy atom. The molecule has 1 aromatic rings. The first-order chi connectivity index (χ1) is 8.60. The van der Waals surface area contributed by atoms with Crippen LogP contribution in [0.4, 0.5) is 4.79 Å². The van der Waals surface area contributed by atoms with Gasteiger partial charge in [-0.15, -0.1) is 0 Å². The molecule has 0 bridgehead atoms. The average molecular weight is 250 g/mol. The SMILES string of the molecule is COc1cc(C)ccc1OC(=O)N1CCC(N)C1. The smallest absolute Gasteiger partial charge is 0.415 e. The van der Waals surface area contributed by atoms with Gasteiger partial charge in [-0.2, -0.15) is 0 Å². The van der Waals surface area contributed by atoms with E-state index in [1.165, 1.54) is 0 Å². The van der Waals surface area contributed by atoms with Crippen LogP contribution in [-0.4, -0.2) is 37.2 Å². The topological polar surface area (TPSA) is 64.8 Å². The predicted octanol–water partition coefficient (Wildman–Crippen LogP) is 1.54. The number of carbonyl (C=O) groups excluding carboxylic acids is 1. The van der Waals surface area contributed by atoms with Crippen LogP contribution in [0.15, 0.2) is 18.2 Å². The van der Waals surface area contributed by atoms with Gasteiger partial charge in [0.1, 0.15) is 0 Å². The Morgan fingerprint density at radius 3 is 2.83 bits per heavy atom. The van der Waals surface area contributed by atoms with Gasteiger partial charge in [-0.25, -0.2) is 4.79 Å². The van der Waals surface area contributed by atoms with E-state index in [4.69, 9.17) is 15.2 Å². The van der Waals surface area contributed by atoms with Crippen LogP contribution in [0, 0.1) is 6.92 Å². The van der Waals surface area contributed by atoms with E-state index in [1.807, 2.05) is 19.1 Å². The van der Waals surface area contributed by atoms with Crippen LogP contribution >= 0.6 is 0 Å². The Bertz CT molecular complexity index is 448. The first kappa shape index (κ1) is 12.7. The molecule has 2 N–H and O–H groups in total. The molecule has 1 heterocycles. The molecule has 0 aliphatic carbocycles. The zero-order valence-electron chi connectivity index (χ0n) is 10.7. The summed E-state index contributed by atoms with van der Waals surface area (Å²) in [6, 6.07) is 5.50. The van der Waals surface area contributed by atoms with E-state index >= 15 is 0 Å². The molecule has 2 rings (SSSR count). The normalized spacial score (nSPS) is 18.8. The molecule has 5 heteroatoms. The minimum absolute atomic E-state index is 0.0532. The molecule has 1 fully saturated rings. The number of methoxy groups -OCH3 is 1. The van der Waals surface area contributed by atoms with E-state index in [-0.39, 0.29) is 12.1 Å². The third kappa shape index (κ3) is 2.73. The number of aryl methyl sites for hydroxylation is 1. The lowest BCUT2D eigenvalue weighted by molar-refractivity contribution is 0.160. The predicted molar refractivity (Wildman–Crippen MR) is 67.9 cm³/mol. The Hall–Kier alpha value is -1.75. The zero-order valence-corrected chi connectivity index (χ0v) is 10.7. The molecular weight excluding hydrogens is 232 g/mol. The molecule has 0 spiro atoms. The van der Waals surface area contributed by atoms with Crippen LogP contribution in [0.25, 0.3) is 0 Å². The Kier molecular flexibility index (Phi) is 3.72. The molecule has 1 atom stereocenters. The Morgan fingerprint density at radius 1 is 1.44 bits per heavy atom. The third-order valence-corrected chi connectivity index (χ3v) is 3.00. The number of ether oxygens (including phenoxy) is 2. The largest absolute Gasteiger partial charge is 0.493 e. The van der Waals surface area contributed by atoms with Crippen molar-refractivity contribution < 1.29 is 14.3 Å². The quantitative estimate of drug-likeness (QED) is 0.864. The van der Waals surface area contributed by atoms with Crippen LogP contribution in [-0.2, 0) is 0 Å². The monoisotopic (exact) mass is 250 g/mol. The van der Waals surface area contributed by atoms with Gasteiger partial charge < -0.3 is 20.1 Å². The maximum absolute atomic E-state index is 11.9. The summed E-state index contributed by atoms with van der Waals surface area (Å²) in [5, 5.41) is 0. The lowest BCUT2D eigenvalue weighted by Gasteiger charge is -2.16. The van der Waals surface area contributed by atoms with E-state index < -0.39 is 0 Å². The summed E-state index contributed by atoms with van der Waals surface area (Å²) in [5.74, 6) is 1.00. The van der Waals surface area contributed by atoms with Gasteiger partial charge in [0, 0.05) is 19.1 Å². The second-order valence-electron chi connectivity index (χ2n) is 4.52. The maximum atomic E-state index is 11.9. The molecule has 5 nitrogen and oxygen atoms in total. The number of likely N-dealkylation sites (tertiary alicyclic amines) is 1. The molecule has 0 aromatic heterocycles. The third-order valence-electron chi connectivity index (χ3n) is 3.00. The molecule has 98 valence electrons. The molecule has 1 unspecified atom stereocenters. The van der Waals surface area contributed by atoms with Gasteiger partial charge in [-0.05, 0) is 31.0 Å². The van der Waals surface area contributed by atoms with Gasteiger partial charge in [0.2, 0.25) is 0 Å². The Balaban J connectivity index is 2.07. The highest BCUT2D eigenvalue weighted by Gasteiger charge is 2.25. The molecular formula is C13H18N2O3. The Labute approximate surface area is 106 Å². The van der Waals surface area contributed by atoms with Crippen LogP contribution in [0.1, 0.15) is 12.0 Å². The van der Waals surface area contributed by atoms with Gasteiger partial charge >= 0.3 is 6.09 Å². The van der Waals surface area contributed by atoms with Crippen LogP contribution in [0.5, 0.6) is 11.5 Å². The van der Waals surface area contributed by atoms with Crippen LogP contribution < -0.4 is 15.2 Å². The minimum atomic E-state index is -0.370. The molecule has 1 aliphatic heterocycles. The second-order valence-corrected chi connectivity index (χ2v) is 4.52. The number of amides is 1. The van der Waals surface area contributed by atoms with Crippen molar-refractivity contribution in [2.75, 3.05) is 20.2 Å². The van der Waals surface area contributed by atoms with Gasteiger partial charge in [0.05, 0.1) is 7.11 Å². The van der Waals surface area contributed by atoms with Crippen LogP contribution in [0.2, 0.25) is 0 Å². The first-order valence-electron chi connectivity index (χ1n) is 5.97. The molecule has 0 saturated carbocycles. The van der Waals surface area contributed by atoms with E-state index in [0.717, 1.165) is 12.0 Å². The van der Waals surface area contributed by atoms with Crippen molar-refractivity contribution in [3.8, 4) is 11.5 Å². The number of carbonyl (C=O) groups is 1. The van der Waals surface area contributed by atoms with E-state index in [9.17, 15) is 4.79 Å². The summed E-state index contributed by atoms with van der Waals surface area (Å²) >= 11 is 0. The average Bonchev–Trinajstić information content (AvgIpc) is 2.78. The molecule has 1 amide bonds. The molecule has 18 heavy (non-hydrogen) atoms. The standard InChI is InChI=1S/C13H18N2O3/c1-9-3-4-11(12(7-9)17-2)18-13(16)15-6-5-10(14)8-15/h3-4,7,10H,5-6,8,14H2,1-2H3. The highest BCUT2D eigenvalue weighted by atomic mass is 16.6. The summed E-state index contributed by atoms with van der Waals surface area (Å²) in [7, 11) is 1.55. The number of benzene rings is 1. The second kappa shape index (κ2) is 5.27. The first-order valence-corrected chi connectivity index (χ1v) is 5.97. The molecule has 1 saturated heterocycles. The lowest BCUT2D eigenvalue weighted by Crippen LogP contribution is -2.34. The van der Waals surface area contributed by atoms with Gasteiger partial charge in [0.25, 0.3) is 0 Å². The maximum Gasteiger partial charge on any atom is 0.415 e. The minimum Gasteiger partial charge on any atom is -0.493 e. The van der Waals surface area contributed by atoms with Crippen molar-refractivity contribution in [3.05, 3.63) is 23.8 Å². The number of hydrogen-bond donors (Lipinski definition) is 1. The molecule has 0 radical (unpaired) electrons. The van der Waals surface area contributed by atoms with Crippen molar-refractivity contribution >= 4 is 6.09 Å². The molecule has 1 aliphatic rings. The summed E-state index contributed by atoms with van der Waals surface area (Å²) in [6.07, 6.45) is 0.449. The van der Waals surface area contributed by atoms with Crippen LogP contribution in [0.3, 0.4) is 0 Å². The van der Waals surface area contributed by atoms with Crippen molar-refractivity contribution in [1.29, 1.82) is 0 Å². The number of hydrogen-bond acceptors (Lipinski definition) is 4. The number of rotatable bonds is 2. The van der Waals surface area contributed by atoms with Crippen molar-refractivity contribution in [3.63, 3.8) is 0 Å². The van der Waals surface area contributed by atoms with E-state index in [0.29, 0.717) is 24.6 Å². The number of nitrogens with two attached hydrogens (primary N) is 1. The number of nitrogens with zero attached hydrogens (tertiary/aromatic N) is 1. The highest BCUT2D eigenvalue weighted by molar-refractivity contribution is 5.72. The van der Waals surface area contributed by atoms with Gasteiger partial charge in [0.15, 0.2) is 11.5 Å².